The van der Waals surface area contributed by atoms with E-state index in [-0.39, 0.29) is 29.7 Å². The Labute approximate surface area is 107 Å². The van der Waals surface area contributed by atoms with E-state index < -0.39 is 0 Å². The van der Waals surface area contributed by atoms with Crippen molar-refractivity contribution in [2.75, 3.05) is 0 Å². The van der Waals surface area contributed by atoms with Gasteiger partial charge in [-0.1, -0.05) is 0 Å². The molecule has 1 amide bonds. The average molecular weight is 248 g/mol. The van der Waals surface area contributed by atoms with Crippen LogP contribution in [-0.4, -0.2) is 21.8 Å². The Kier molecular flexibility index (Phi) is 3.28. The van der Waals surface area contributed by atoms with E-state index >= 15 is 0 Å². The fraction of sp³-hybridized carbons (Fsp3) is 0.571. The maximum Gasteiger partial charge on any atom is 0.240 e. The highest BCUT2D eigenvalue weighted by Gasteiger charge is 2.30. The maximum atomic E-state index is 11.8. The van der Waals surface area contributed by atoms with Crippen molar-refractivity contribution in [3.63, 3.8) is 0 Å². The lowest BCUT2D eigenvalue weighted by Gasteiger charge is -2.20. The second-order valence-electron chi connectivity index (χ2n) is 6.01. The van der Waals surface area contributed by atoms with Crippen molar-refractivity contribution in [2.45, 2.75) is 45.7 Å². The van der Waals surface area contributed by atoms with E-state index in [2.05, 4.69) is 5.32 Å². The van der Waals surface area contributed by atoms with Gasteiger partial charge in [-0.25, -0.2) is 0 Å². The molecule has 0 saturated heterocycles. The van der Waals surface area contributed by atoms with Crippen LogP contribution in [0.2, 0.25) is 0 Å². The highest BCUT2D eigenvalue weighted by molar-refractivity contribution is 5.99. The van der Waals surface area contributed by atoms with Crippen molar-refractivity contribution in [1.82, 2.24) is 9.88 Å². The predicted molar refractivity (Wildman–Crippen MR) is 69.4 cm³/mol. The van der Waals surface area contributed by atoms with Crippen LogP contribution in [-0.2, 0) is 11.3 Å². The molecular weight excluding hydrogens is 228 g/mol. The van der Waals surface area contributed by atoms with Crippen LogP contribution in [0.25, 0.3) is 0 Å². The van der Waals surface area contributed by atoms with Gasteiger partial charge in [0.05, 0.1) is 0 Å². The van der Waals surface area contributed by atoms with Crippen molar-refractivity contribution in [1.29, 1.82) is 0 Å². The van der Waals surface area contributed by atoms with Crippen LogP contribution in [0.15, 0.2) is 18.5 Å². The quantitative estimate of drug-likeness (QED) is 0.828. The summed E-state index contributed by atoms with van der Waals surface area (Å²) in [6.07, 6.45) is 5.57. The normalized spacial score (nSPS) is 15.5. The van der Waals surface area contributed by atoms with E-state index in [1.54, 1.807) is 23.0 Å². The number of amides is 1. The number of carbonyl (C=O) groups excluding carboxylic acids is 2. The van der Waals surface area contributed by atoms with Crippen molar-refractivity contribution in [3.05, 3.63) is 24.0 Å². The zero-order valence-electron chi connectivity index (χ0n) is 11.2. The molecule has 0 bridgehead atoms. The molecule has 2 rings (SSSR count). The van der Waals surface area contributed by atoms with Crippen LogP contribution in [0.5, 0.6) is 0 Å². The second kappa shape index (κ2) is 4.59. The first-order valence-electron chi connectivity index (χ1n) is 6.36. The number of rotatable bonds is 4. The molecule has 0 atom stereocenters. The molecule has 0 unspecified atom stereocenters. The Morgan fingerprint density at radius 1 is 1.39 bits per heavy atom. The van der Waals surface area contributed by atoms with E-state index in [1.165, 1.54) is 0 Å². The smallest absolute Gasteiger partial charge is 0.240 e. The number of carbonyl (C=O) groups is 2. The molecule has 1 aromatic heterocycles. The summed E-state index contributed by atoms with van der Waals surface area (Å²) in [6.45, 7) is 6.10. The Bertz CT molecular complexity index is 464. The second-order valence-corrected chi connectivity index (χ2v) is 6.01. The summed E-state index contributed by atoms with van der Waals surface area (Å²) in [4.78, 5) is 23.6. The summed E-state index contributed by atoms with van der Waals surface area (Å²) < 4.78 is 1.76. The Morgan fingerprint density at radius 3 is 2.61 bits per heavy atom. The highest BCUT2D eigenvalue weighted by atomic mass is 16.2. The SMILES string of the molecule is CC(C)(C)NC(=O)Cn1ccc(C(=O)C2CC2)c1. The standard InChI is InChI=1S/C14H20N2O2/c1-14(2,3)15-12(17)9-16-7-6-11(8-16)13(18)10-4-5-10/h6-8,10H,4-5,9H2,1-3H3,(H,15,17). The number of aromatic nitrogens is 1. The fourth-order valence-corrected chi connectivity index (χ4v) is 1.89. The number of nitrogens with zero attached hydrogens (tertiary/aromatic N) is 1. The van der Waals surface area contributed by atoms with Gasteiger partial charge >= 0.3 is 0 Å². The molecule has 1 fully saturated rings. The Hall–Kier alpha value is -1.58. The molecule has 0 aromatic carbocycles. The Morgan fingerprint density at radius 2 is 2.06 bits per heavy atom. The number of ketones is 1. The third-order valence-corrected chi connectivity index (χ3v) is 2.82. The summed E-state index contributed by atoms with van der Waals surface area (Å²) in [5.74, 6) is 0.401. The van der Waals surface area contributed by atoms with Crippen molar-refractivity contribution in [3.8, 4) is 0 Å². The van der Waals surface area contributed by atoms with Gasteiger partial charge in [-0.3, -0.25) is 9.59 Å². The van der Waals surface area contributed by atoms with Gasteiger partial charge in [0.1, 0.15) is 6.54 Å². The number of nitrogens with one attached hydrogen (secondary N) is 1. The van der Waals surface area contributed by atoms with Gasteiger partial charge in [0.2, 0.25) is 5.91 Å². The van der Waals surface area contributed by atoms with Crippen LogP contribution in [0, 0.1) is 5.92 Å². The summed E-state index contributed by atoms with van der Waals surface area (Å²) in [7, 11) is 0. The van der Waals surface area contributed by atoms with Crippen molar-refractivity contribution >= 4 is 11.7 Å². The van der Waals surface area contributed by atoms with Crippen molar-refractivity contribution in [2.24, 2.45) is 5.92 Å². The summed E-state index contributed by atoms with van der Waals surface area (Å²) >= 11 is 0. The first kappa shape index (κ1) is 12.9. The highest BCUT2D eigenvalue weighted by Crippen LogP contribution is 2.32. The van der Waals surface area contributed by atoms with E-state index in [0.717, 1.165) is 18.4 Å². The maximum absolute atomic E-state index is 11.8. The zero-order valence-corrected chi connectivity index (χ0v) is 11.2. The molecule has 4 heteroatoms. The zero-order chi connectivity index (χ0) is 13.3. The monoisotopic (exact) mass is 248 g/mol. The molecule has 4 nitrogen and oxygen atoms in total. The minimum absolute atomic E-state index is 0.0384. The summed E-state index contributed by atoms with van der Waals surface area (Å²) in [5, 5.41) is 2.90. The van der Waals surface area contributed by atoms with Crippen molar-refractivity contribution < 1.29 is 9.59 Å². The molecular formula is C14H20N2O2. The van der Waals surface area contributed by atoms with Crippen LogP contribution in [0.4, 0.5) is 0 Å². The van der Waals surface area contributed by atoms with Gasteiger partial charge in [-0.2, -0.15) is 0 Å². The van der Waals surface area contributed by atoms with Crippen LogP contribution in [0.1, 0.15) is 44.0 Å². The van der Waals surface area contributed by atoms with Gasteiger partial charge in [0, 0.05) is 29.4 Å². The van der Waals surface area contributed by atoms with Gasteiger partial charge in [-0.05, 0) is 39.7 Å². The largest absolute Gasteiger partial charge is 0.350 e. The third kappa shape index (κ3) is 3.45. The number of Topliss-reactive ketones (excluding diaryl/α,β-unsaturated/α-hetero) is 1. The molecule has 0 radical (unpaired) electrons. The van der Waals surface area contributed by atoms with Gasteiger partial charge in [-0.15, -0.1) is 0 Å². The molecule has 1 aliphatic rings. The third-order valence-electron chi connectivity index (χ3n) is 2.82. The van der Waals surface area contributed by atoms with Gasteiger partial charge < -0.3 is 9.88 Å². The fourth-order valence-electron chi connectivity index (χ4n) is 1.89. The molecule has 1 N–H and O–H groups in total. The van der Waals surface area contributed by atoms with Gasteiger partial charge in [0.15, 0.2) is 5.78 Å². The molecule has 18 heavy (non-hydrogen) atoms. The minimum Gasteiger partial charge on any atom is -0.350 e. The molecule has 1 aliphatic carbocycles. The lowest BCUT2D eigenvalue weighted by molar-refractivity contribution is -0.123. The number of hydrogen-bond acceptors (Lipinski definition) is 2. The van der Waals surface area contributed by atoms with Crippen LogP contribution < -0.4 is 5.32 Å². The topological polar surface area (TPSA) is 51.1 Å². The molecule has 1 saturated carbocycles. The molecule has 1 heterocycles. The minimum atomic E-state index is -0.225. The number of hydrogen-bond donors (Lipinski definition) is 1. The summed E-state index contributed by atoms with van der Waals surface area (Å²) in [6, 6.07) is 1.80. The van der Waals surface area contributed by atoms with Crippen LogP contribution in [0.3, 0.4) is 0 Å². The predicted octanol–water partition coefficient (Wildman–Crippen LogP) is 2.00. The molecule has 1 aromatic rings. The first-order chi connectivity index (χ1) is 8.35. The summed E-state index contributed by atoms with van der Waals surface area (Å²) in [5.41, 5.74) is 0.498. The molecule has 98 valence electrons. The lowest BCUT2D eigenvalue weighted by atomic mass is 10.1. The van der Waals surface area contributed by atoms with E-state index in [9.17, 15) is 9.59 Å². The Balaban J connectivity index is 1.94. The van der Waals surface area contributed by atoms with Crippen LogP contribution >= 0.6 is 0 Å². The molecule has 0 aliphatic heterocycles. The van der Waals surface area contributed by atoms with E-state index in [1.807, 2.05) is 20.8 Å². The van der Waals surface area contributed by atoms with E-state index in [0.29, 0.717) is 0 Å². The lowest BCUT2D eigenvalue weighted by Crippen LogP contribution is -2.42. The molecule has 0 spiro atoms. The van der Waals surface area contributed by atoms with Gasteiger partial charge in [0.25, 0.3) is 0 Å². The average Bonchev–Trinajstić information content (AvgIpc) is 2.96. The van der Waals surface area contributed by atoms with E-state index in [4.69, 9.17) is 0 Å². The first-order valence-corrected chi connectivity index (χ1v) is 6.36.